The minimum Gasteiger partial charge on any atom is -0.427 e. The molecule has 0 saturated carbocycles. The number of rotatable bonds is 15. The number of halogens is 8. The van der Waals surface area contributed by atoms with Gasteiger partial charge in [0.2, 0.25) is 0 Å². The van der Waals surface area contributed by atoms with Gasteiger partial charge in [-0.2, -0.15) is 0 Å². The lowest BCUT2D eigenvalue weighted by Crippen LogP contribution is -2.17. The van der Waals surface area contributed by atoms with Gasteiger partial charge in [-0.1, -0.05) is 62.1 Å². The van der Waals surface area contributed by atoms with E-state index in [1.54, 1.807) is 24.3 Å². The van der Waals surface area contributed by atoms with Crippen LogP contribution in [0.25, 0.3) is 22.3 Å². The van der Waals surface area contributed by atoms with Gasteiger partial charge in [-0.05, 0) is 83.6 Å². The fraction of sp³-hybridized carbons (Fsp3) is 0.278. The van der Waals surface area contributed by atoms with Gasteiger partial charge in [0.15, 0.2) is 23.1 Å². The van der Waals surface area contributed by atoms with Gasteiger partial charge in [0.25, 0.3) is 0 Å². The third kappa shape index (κ3) is 12.4. The highest BCUT2D eigenvalue weighted by Gasteiger charge is 2.33. The summed E-state index contributed by atoms with van der Waals surface area (Å²) in [6, 6.07) is 18.3. The SMILES string of the molecule is O=C(CCCCCCCCC(=O)Oc1ccc(-c2ccc(OC(F)(F)F)c(F)c2)cc1)Oc1ccc(-c2ccc(OC(F)(F)F)c(F)c2)cc1.[HH]. The number of esters is 2. The molecule has 0 aliphatic carbocycles. The quantitative estimate of drug-likeness (QED) is 0.0529. The molecule has 4 rings (SSSR count). The molecule has 0 aliphatic rings. The minimum absolute atomic E-state index is 0. The summed E-state index contributed by atoms with van der Waals surface area (Å²) >= 11 is 0. The Morgan fingerprint density at radius 2 is 0.800 bits per heavy atom. The van der Waals surface area contributed by atoms with Crippen molar-refractivity contribution in [3.05, 3.63) is 96.6 Å². The molecule has 0 radical (unpaired) electrons. The fourth-order valence-electron chi connectivity index (χ4n) is 4.82. The van der Waals surface area contributed by atoms with Crippen LogP contribution in [-0.2, 0) is 9.59 Å². The van der Waals surface area contributed by atoms with Crippen molar-refractivity contribution in [3.8, 4) is 45.3 Å². The summed E-state index contributed by atoms with van der Waals surface area (Å²) in [7, 11) is 0. The monoisotopic (exact) mass is 712 g/mol. The van der Waals surface area contributed by atoms with Crippen LogP contribution in [0, 0.1) is 11.6 Å². The highest BCUT2D eigenvalue weighted by Crippen LogP contribution is 2.32. The Kier molecular flexibility index (Phi) is 12.8. The third-order valence-electron chi connectivity index (χ3n) is 7.17. The minimum atomic E-state index is -5.01. The summed E-state index contributed by atoms with van der Waals surface area (Å²) in [5.74, 6) is -4.56. The second-order valence-corrected chi connectivity index (χ2v) is 11.0. The van der Waals surface area contributed by atoms with Gasteiger partial charge >= 0.3 is 24.7 Å². The predicted molar refractivity (Wildman–Crippen MR) is 167 cm³/mol. The van der Waals surface area contributed by atoms with Crippen molar-refractivity contribution >= 4 is 11.9 Å². The topological polar surface area (TPSA) is 71.1 Å². The maximum atomic E-state index is 14.0. The molecule has 14 heteroatoms. The second-order valence-electron chi connectivity index (χ2n) is 11.0. The van der Waals surface area contributed by atoms with Gasteiger partial charge in [-0.25, -0.2) is 8.78 Å². The molecule has 4 aromatic rings. The number of hydrogen-bond acceptors (Lipinski definition) is 6. The van der Waals surface area contributed by atoms with Crippen molar-refractivity contribution in [2.24, 2.45) is 0 Å². The van der Waals surface area contributed by atoms with E-state index in [1.807, 2.05) is 0 Å². The molecule has 4 aromatic carbocycles. The Hall–Kier alpha value is -5.14. The van der Waals surface area contributed by atoms with Gasteiger partial charge in [-0.3, -0.25) is 9.59 Å². The molecule has 0 N–H and O–H groups in total. The molecule has 0 saturated heterocycles. The van der Waals surface area contributed by atoms with E-state index in [9.17, 15) is 44.7 Å². The van der Waals surface area contributed by atoms with Gasteiger partial charge < -0.3 is 18.9 Å². The molecule has 0 bridgehead atoms. The van der Waals surface area contributed by atoms with Crippen molar-refractivity contribution in [2.75, 3.05) is 0 Å². The van der Waals surface area contributed by atoms with E-state index in [2.05, 4.69) is 9.47 Å². The van der Waals surface area contributed by atoms with Gasteiger partial charge in [0.05, 0.1) is 0 Å². The van der Waals surface area contributed by atoms with E-state index in [-0.39, 0.29) is 25.8 Å². The predicted octanol–water partition coefficient (Wildman–Crippen LogP) is 11.0. The van der Waals surface area contributed by atoms with Crippen LogP contribution in [0.2, 0.25) is 0 Å². The number of benzene rings is 4. The Morgan fingerprint density at radius 1 is 0.480 bits per heavy atom. The zero-order valence-corrected chi connectivity index (χ0v) is 26.2. The lowest BCUT2D eigenvalue weighted by Gasteiger charge is -2.11. The van der Waals surface area contributed by atoms with Crippen LogP contribution in [0.15, 0.2) is 84.9 Å². The Morgan fingerprint density at radius 3 is 1.12 bits per heavy atom. The Balaban J connectivity index is 0.00000702. The number of carbonyl (C=O) groups excluding carboxylic acids is 2. The number of ether oxygens (including phenoxy) is 4. The lowest BCUT2D eigenvalue weighted by atomic mass is 10.1. The molecule has 0 unspecified atom stereocenters. The fourth-order valence-corrected chi connectivity index (χ4v) is 4.82. The van der Waals surface area contributed by atoms with E-state index in [1.165, 1.54) is 36.4 Å². The molecular formula is C36H32F8O6. The van der Waals surface area contributed by atoms with Crippen LogP contribution in [0.1, 0.15) is 52.8 Å². The first-order chi connectivity index (χ1) is 23.6. The zero-order valence-electron chi connectivity index (χ0n) is 26.2. The molecule has 268 valence electrons. The number of unbranched alkanes of at least 4 members (excludes halogenated alkanes) is 5. The molecule has 0 amide bonds. The van der Waals surface area contributed by atoms with E-state index in [4.69, 9.17) is 9.47 Å². The summed E-state index contributed by atoms with van der Waals surface area (Å²) in [4.78, 5) is 24.4. The van der Waals surface area contributed by atoms with Crippen LogP contribution in [-0.4, -0.2) is 24.7 Å². The molecule has 0 fully saturated rings. The van der Waals surface area contributed by atoms with E-state index < -0.39 is 47.8 Å². The number of alkyl halides is 6. The Bertz CT molecular complexity index is 1610. The van der Waals surface area contributed by atoms with E-state index in [0.29, 0.717) is 35.1 Å². The van der Waals surface area contributed by atoms with Gasteiger partial charge in [0.1, 0.15) is 11.5 Å². The highest BCUT2D eigenvalue weighted by atomic mass is 19.4. The molecule has 0 heterocycles. The van der Waals surface area contributed by atoms with Crippen LogP contribution >= 0.6 is 0 Å². The first kappa shape index (κ1) is 37.7. The maximum Gasteiger partial charge on any atom is 0.573 e. The van der Waals surface area contributed by atoms with Crippen molar-refractivity contribution in [2.45, 2.75) is 64.1 Å². The standard InChI is InChI=1S/C36H30F8O6.H2/c37-29-21-25(13-19-31(29)49-35(39,40)41)23-9-15-27(16-10-23)47-33(45)7-5-3-1-2-4-6-8-34(46)48-28-17-11-24(12-18-28)26-14-20-32(30(38)22-26)50-36(42,43)44;/h9-22H,1-8H2;1H. The second kappa shape index (κ2) is 17.0. The van der Waals surface area contributed by atoms with Crippen molar-refractivity contribution in [3.63, 3.8) is 0 Å². The summed E-state index contributed by atoms with van der Waals surface area (Å²) in [5.41, 5.74) is 1.62. The van der Waals surface area contributed by atoms with Crippen LogP contribution in [0.4, 0.5) is 35.1 Å². The van der Waals surface area contributed by atoms with Crippen molar-refractivity contribution in [1.29, 1.82) is 0 Å². The maximum absolute atomic E-state index is 14.0. The van der Waals surface area contributed by atoms with Gasteiger partial charge in [0, 0.05) is 14.3 Å². The highest BCUT2D eigenvalue weighted by molar-refractivity contribution is 5.74. The molecular weight excluding hydrogens is 680 g/mol. The first-order valence-electron chi connectivity index (χ1n) is 15.4. The van der Waals surface area contributed by atoms with Crippen molar-refractivity contribution < 1.29 is 65.1 Å². The van der Waals surface area contributed by atoms with Gasteiger partial charge in [-0.15, -0.1) is 26.3 Å². The van der Waals surface area contributed by atoms with Crippen LogP contribution in [0.5, 0.6) is 23.0 Å². The summed E-state index contributed by atoms with van der Waals surface area (Å²) < 4.78 is 120. The molecule has 6 nitrogen and oxygen atoms in total. The molecule has 0 aliphatic heterocycles. The number of hydrogen-bond donors (Lipinski definition) is 0. The van der Waals surface area contributed by atoms with E-state index >= 15 is 0 Å². The molecule has 0 spiro atoms. The molecule has 0 atom stereocenters. The van der Waals surface area contributed by atoms with Crippen LogP contribution < -0.4 is 18.9 Å². The van der Waals surface area contributed by atoms with Crippen molar-refractivity contribution in [1.82, 2.24) is 0 Å². The largest absolute Gasteiger partial charge is 0.573 e. The average molecular weight is 713 g/mol. The summed E-state index contributed by atoms with van der Waals surface area (Å²) in [6.07, 6.45) is -5.24. The average Bonchev–Trinajstić information content (AvgIpc) is 3.04. The summed E-state index contributed by atoms with van der Waals surface area (Å²) in [5, 5.41) is 0. The first-order valence-corrected chi connectivity index (χ1v) is 15.4. The molecule has 0 aromatic heterocycles. The normalized spacial score (nSPS) is 11.6. The van der Waals surface area contributed by atoms with E-state index in [0.717, 1.165) is 49.9 Å². The summed E-state index contributed by atoms with van der Waals surface area (Å²) in [6.45, 7) is 0. The smallest absolute Gasteiger partial charge is 0.427 e. The molecule has 50 heavy (non-hydrogen) atoms. The Labute approximate surface area is 283 Å². The van der Waals surface area contributed by atoms with Crippen LogP contribution in [0.3, 0.4) is 0 Å². The zero-order chi connectivity index (χ0) is 36.3. The third-order valence-corrected chi connectivity index (χ3v) is 7.17. The lowest BCUT2D eigenvalue weighted by molar-refractivity contribution is -0.276. The number of carbonyl (C=O) groups is 2.